The van der Waals surface area contributed by atoms with Crippen LogP contribution in [0.1, 0.15) is 36.4 Å². The summed E-state index contributed by atoms with van der Waals surface area (Å²) in [6, 6.07) is 26.6. The highest BCUT2D eigenvalue weighted by Gasteiger charge is 2.21. The predicted octanol–water partition coefficient (Wildman–Crippen LogP) is 6.43. The molecule has 0 spiro atoms. The summed E-state index contributed by atoms with van der Waals surface area (Å²) in [4.78, 5) is 2.66. The molecule has 3 aromatic rings. The van der Waals surface area contributed by atoms with Crippen LogP contribution in [0.3, 0.4) is 0 Å². The fraction of sp³-hybridized carbons (Fsp3) is 0.360. The van der Waals surface area contributed by atoms with Crippen LogP contribution in [0.4, 0.5) is 0 Å². The van der Waals surface area contributed by atoms with Gasteiger partial charge in [0.2, 0.25) is 0 Å². The third-order valence-corrected chi connectivity index (χ3v) is 7.75. The molecule has 1 N–H and O–H groups in total. The van der Waals surface area contributed by atoms with E-state index < -0.39 is 0 Å². The van der Waals surface area contributed by atoms with Gasteiger partial charge in [-0.1, -0.05) is 66.7 Å². The largest absolute Gasteiger partial charge is 0.303 e. The molecule has 0 amide bonds. The average molecular weight is 423 g/mol. The number of piperidine rings is 1. The Morgan fingerprint density at radius 2 is 1.66 bits per heavy atom. The SMILES string of the molecule is c1ccc(CC2CCN(CCC(NSc3cccs3)c3ccccc3)CC2)cc1. The van der Waals surface area contributed by atoms with E-state index >= 15 is 0 Å². The van der Waals surface area contributed by atoms with Crippen LogP contribution in [-0.4, -0.2) is 24.5 Å². The Bertz CT molecular complexity index is 813. The van der Waals surface area contributed by atoms with E-state index in [0.29, 0.717) is 6.04 Å². The number of hydrogen-bond donors (Lipinski definition) is 1. The molecule has 2 nitrogen and oxygen atoms in total. The highest BCUT2D eigenvalue weighted by Crippen LogP contribution is 2.28. The summed E-state index contributed by atoms with van der Waals surface area (Å²) < 4.78 is 5.05. The Morgan fingerprint density at radius 3 is 2.34 bits per heavy atom. The molecule has 0 saturated carbocycles. The molecular weight excluding hydrogens is 392 g/mol. The Kier molecular flexibility index (Phi) is 7.83. The molecule has 152 valence electrons. The zero-order valence-corrected chi connectivity index (χ0v) is 18.5. The lowest BCUT2D eigenvalue weighted by Crippen LogP contribution is -2.36. The molecule has 1 aliphatic heterocycles. The maximum atomic E-state index is 3.72. The third kappa shape index (κ3) is 6.45. The Morgan fingerprint density at radius 1 is 0.931 bits per heavy atom. The van der Waals surface area contributed by atoms with Gasteiger partial charge >= 0.3 is 0 Å². The van der Waals surface area contributed by atoms with E-state index in [2.05, 4.69) is 87.8 Å². The van der Waals surface area contributed by atoms with Gasteiger partial charge in [0.25, 0.3) is 0 Å². The van der Waals surface area contributed by atoms with Crippen molar-refractivity contribution in [3.8, 4) is 0 Å². The van der Waals surface area contributed by atoms with E-state index in [-0.39, 0.29) is 0 Å². The zero-order chi connectivity index (χ0) is 19.7. The number of benzene rings is 2. The lowest BCUT2D eigenvalue weighted by Gasteiger charge is -2.33. The molecule has 29 heavy (non-hydrogen) atoms. The predicted molar refractivity (Wildman–Crippen MR) is 126 cm³/mol. The van der Waals surface area contributed by atoms with E-state index in [1.807, 2.05) is 0 Å². The van der Waals surface area contributed by atoms with Crippen molar-refractivity contribution in [1.82, 2.24) is 9.62 Å². The first-order valence-corrected chi connectivity index (χ1v) is 12.3. The van der Waals surface area contributed by atoms with Gasteiger partial charge in [0.15, 0.2) is 0 Å². The van der Waals surface area contributed by atoms with Gasteiger partial charge in [0.1, 0.15) is 0 Å². The minimum Gasteiger partial charge on any atom is -0.303 e. The van der Waals surface area contributed by atoms with Crippen LogP contribution in [0.15, 0.2) is 82.4 Å². The molecule has 2 heterocycles. The minimum absolute atomic E-state index is 0.380. The van der Waals surface area contributed by atoms with E-state index in [0.717, 1.165) is 18.9 Å². The van der Waals surface area contributed by atoms with Crippen LogP contribution >= 0.6 is 23.3 Å². The first-order valence-electron chi connectivity index (χ1n) is 10.6. The summed E-state index contributed by atoms with van der Waals surface area (Å²) >= 11 is 3.57. The summed E-state index contributed by atoms with van der Waals surface area (Å²) in [5, 5.41) is 2.14. The number of nitrogens with zero attached hydrogens (tertiary/aromatic N) is 1. The van der Waals surface area contributed by atoms with Crippen molar-refractivity contribution in [2.45, 2.75) is 35.9 Å². The Balaban J connectivity index is 1.26. The standard InChI is InChI=1S/C25H30N2S2/c1-3-8-21(9-4-1)20-22-13-16-27(17-14-22)18-15-24(23-10-5-2-6-11-23)26-29-25-12-7-19-28-25/h1-12,19,22,24,26H,13-18,20H2. The monoisotopic (exact) mass is 422 g/mol. The summed E-state index contributed by atoms with van der Waals surface area (Å²) in [6.45, 7) is 3.63. The second-order valence-electron chi connectivity index (χ2n) is 7.88. The quantitative estimate of drug-likeness (QED) is 0.400. The molecule has 0 radical (unpaired) electrons. The van der Waals surface area contributed by atoms with Gasteiger partial charge < -0.3 is 4.90 Å². The van der Waals surface area contributed by atoms with Gasteiger partial charge in [-0.25, -0.2) is 0 Å². The Labute approximate surface area is 183 Å². The van der Waals surface area contributed by atoms with Crippen LogP contribution in [0, 0.1) is 5.92 Å². The van der Waals surface area contributed by atoms with Gasteiger partial charge in [0.05, 0.1) is 4.21 Å². The third-order valence-electron chi connectivity index (χ3n) is 5.81. The fourth-order valence-electron chi connectivity index (χ4n) is 4.10. The van der Waals surface area contributed by atoms with Crippen molar-refractivity contribution >= 4 is 23.3 Å². The van der Waals surface area contributed by atoms with Crippen molar-refractivity contribution in [3.05, 3.63) is 89.3 Å². The van der Waals surface area contributed by atoms with E-state index in [1.165, 1.54) is 47.7 Å². The topological polar surface area (TPSA) is 15.3 Å². The number of rotatable bonds is 9. The molecule has 4 heteroatoms. The van der Waals surface area contributed by atoms with Crippen LogP contribution in [0.2, 0.25) is 0 Å². The number of hydrogen-bond acceptors (Lipinski definition) is 4. The van der Waals surface area contributed by atoms with Gasteiger partial charge in [-0.15, -0.1) is 11.3 Å². The molecule has 1 unspecified atom stereocenters. The summed E-state index contributed by atoms with van der Waals surface area (Å²) in [5.41, 5.74) is 2.88. The number of nitrogens with one attached hydrogen (secondary N) is 1. The molecule has 1 atom stereocenters. The lowest BCUT2D eigenvalue weighted by molar-refractivity contribution is 0.178. The van der Waals surface area contributed by atoms with Crippen LogP contribution in [0.5, 0.6) is 0 Å². The van der Waals surface area contributed by atoms with Crippen LogP contribution in [-0.2, 0) is 6.42 Å². The zero-order valence-electron chi connectivity index (χ0n) is 16.9. The molecule has 4 rings (SSSR count). The van der Waals surface area contributed by atoms with Crippen LogP contribution < -0.4 is 4.72 Å². The van der Waals surface area contributed by atoms with Crippen molar-refractivity contribution in [2.24, 2.45) is 5.92 Å². The maximum Gasteiger partial charge on any atom is 0.0751 e. The fourth-order valence-corrected chi connectivity index (χ4v) is 5.71. The van der Waals surface area contributed by atoms with Crippen molar-refractivity contribution in [2.75, 3.05) is 19.6 Å². The van der Waals surface area contributed by atoms with Gasteiger partial charge in [-0.2, -0.15) is 0 Å². The molecule has 0 aliphatic carbocycles. The first kappa shape index (κ1) is 20.7. The molecule has 1 aromatic heterocycles. The van der Waals surface area contributed by atoms with Crippen molar-refractivity contribution in [3.63, 3.8) is 0 Å². The maximum absolute atomic E-state index is 3.72. The van der Waals surface area contributed by atoms with Gasteiger partial charge in [0, 0.05) is 6.04 Å². The van der Waals surface area contributed by atoms with Gasteiger partial charge in [-0.05, 0) is 85.8 Å². The molecule has 2 aromatic carbocycles. The van der Waals surface area contributed by atoms with E-state index in [1.54, 1.807) is 23.3 Å². The summed E-state index contributed by atoms with van der Waals surface area (Å²) in [5.74, 6) is 0.839. The number of thiophene rings is 1. The number of likely N-dealkylation sites (tertiary alicyclic amines) is 1. The molecular formula is C25H30N2S2. The second kappa shape index (κ2) is 11.0. The molecule has 1 saturated heterocycles. The molecule has 0 bridgehead atoms. The summed E-state index contributed by atoms with van der Waals surface area (Å²) in [6.07, 6.45) is 5.02. The smallest absolute Gasteiger partial charge is 0.0751 e. The normalized spacial score (nSPS) is 16.7. The summed E-state index contributed by atoms with van der Waals surface area (Å²) in [7, 11) is 0. The molecule has 1 aliphatic rings. The first-order chi connectivity index (χ1) is 14.4. The van der Waals surface area contributed by atoms with Crippen molar-refractivity contribution < 1.29 is 0 Å². The second-order valence-corrected chi connectivity index (χ2v) is 9.96. The van der Waals surface area contributed by atoms with Crippen molar-refractivity contribution in [1.29, 1.82) is 0 Å². The lowest BCUT2D eigenvalue weighted by atomic mass is 9.90. The highest BCUT2D eigenvalue weighted by atomic mass is 32.2. The minimum atomic E-state index is 0.380. The van der Waals surface area contributed by atoms with Gasteiger partial charge in [-0.3, -0.25) is 4.72 Å². The molecule has 1 fully saturated rings. The van der Waals surface area contributed by atoms with Crippen LogP contribution in [0.25, 0.3) is 0 Å². The van der Waals surface area contributed by atoms with E-state index in [4.69, 9.17) is 0 Å². The van der Waals surface area contributed by atoms with E-state index in [9.17, 15) is 0 Å². The highest BCUT2D eigenvalue weighted by molar-refractivity contribution is 7.99. The average Bonchev–Trinajstić information content (AvgIpc) is 3.30. The Hall–Kier alpha value is -1.59.